The van der Waals surface area contributed by atoms with Crippen LogP contribution in [-0.4, -0.2) is 29.4 Å². The first-order valence-corrected chi connectivity index (χ1v) is 5.32. The SMILES string of the molecule is OCc1cc(Br)ccc1N1CC(O)C1. The van der Waals surface area contributed by atoms with Gasteiger partial charge in [0.25, 0.3) is 0 Å². The van der Waals surface area contributed by atoms with Crippen LogP contribution < -0.4 is 4.90 Å². The zero-order valence-corrected chi connectivity index (χ0v) is 9.24. The molecule has 1 saturated heterocycles. The number of aliphatic hydroxyl groups excluding tert-OH is 2. The Kier molecular flexibility index (Phi) is 2.76. The summed E-state index contributed by atoms with van der Waals surface area (Å²) in [5.74, 6) is 0. The van der Waals surface area contributed by atoms with E-state index < -0.39 is 0 Å². The predicted octanol–water partition coefficient (Wildman–Crippen LogP) is 1.12. The van der Waals surface area contributed by atoms with Crippen molar-refractivity contribution >= 4 is 21.6 Å². The molecule has 1 fully saturated rings. The monoisotopic (exact) mass is 257 g/mol. The molecule has 14 heavy (non-hydrogen) atoms. The Hall–Kier alpha value is -0.580. The second-order valence-corrected chi connectivity index (χ2v) is 4.41. The molecule has 0 atom stereocenters. The van der Waals surface area contributed by atoms with Crippen LogP contribution in [0.25, 0.3) is 0 Å². The Labute approximate surface area is 91.1 Å². The molecular formula is C10H12BrNO2. The fourth-order valence-electron chi connectivity index (χ4n) is 1.64. The number of rotatable bonds is 2. The molecule has 1 heterocycles. The molecule has 0 aliphatic carbocycles. The average molecular weight is 258 g/mol. The van der Waals surface area contributed by atoms with Gasteiger partial charge in [0.15, 0.2) is 0 Å². The van der Waals surface area contributed by atoms with Crippen molar-refractivity contribution in [2.24, 2.45) is 0 Å². The molecule has 0 radical (unpaired) electrons. The molecule has 0 bridgehead atoms. The maximum absolute atomic E-state index is 9.18. The first-order valence-electron chi connectivity index (χ1n) is 4.53. The zero-order valence-electron chi connectivity index (χ0n) is 7.65. The first-order chi connectivity index (χ1) is 6.70. The maximum Gasteiger partial charge on any atom is 0.0889 e. The number of β-amino-alcohol motifs (C(OH)–C–C–N with tert-alkyl or cyclic N) is 1. The zero-order chi connectivity index (χ0) is 10.1. The summed E-state index contributed by atoms with van der Waals surface area (Å²) in [4.78, 5) is 2.06. The topological polar surface area (TPSA) is 43.7 Å². The van der Waals surface area contributed by atoms with Gasteiger partial charge in [0.2, 0.25) is 0 Å². The molecule has 2 N–H and O–H groups in total. The summed E-state index contributed by atoms with van der Waals surface area (Å²) >= 11 is 3.36. The van der Waals surface area contributed by atoms with Crippen molar-refractivity contribution in [1.82, 2.24) is 0 Å². The van der Waals surface area contributed by atoms with E-state index in [-0.39, 0.29) is 12.7 Å². The lowest BCUT2D eigenvalue weighted by Crippen LogP contribution is -2.51. The van der Waals surface area contributed by atoms with Gasteiger partial charge in [0.05, 0.1) is 12.7 Å². The van der Waals surface area contributed by atoms with Gasteiger partial charge in [-0.1, -0.05) is 15.9 Å². The summed E-state index contributed by atoms with van der Waals surface area (Å²) in [6, 6.07) is 5.81. The normalized spacial score (nSPS) is 16.9. The third kappa shape index (κ3) is 1.78. The molecule has 1 aliphatic heterocycles. The van der Waals surface area contributed by atoms with E-state index in [4.69, 9.17) is 5.11 Å². The highest BCUT2D eigenvalue weighted by atomic mass is 79.9. The van der Waals surface area contributed by atoms with E-state index in [0.29, 0.717) is 13.1 Å². The highest BCUT2D eigenvalue weighted by Gasteiger charge is 2.25. The van der Waals surface area contributed by atoms with Crippen molar-refractivity contribution < 1.29 is 10.2 Å². The van der Waals surface area contributed by atoms with Crippen LogP contribution in [0.3, 0.4) is 0 Å². The summed E-state index contributed by atoms with van der Waals surface area (Å²) in [5, 5.41) is 18.4. The second-order valence-electron chi connectivity index (χ2n) is 3.49. The van der Waals surface area contributed by atoms with E-state index in [2.05, 4.69) is 20.8 Å². The van der Waals surface area contributed by atoms with Crippen molar-refractivity contribution in [3.63, 3.8) is 0 Å². The van der Waals surface area contributed by atoms with Crippen LogP contribution in [0.15, 0.2) is 22.7 Å². The Morgan fingerprint density at radius 1 is 1.43 bits per heavy atom. The van der Waals surface area contributed by atoms with Crippen LogP contribution in [0, 0.1) is 0 Å². The van der Waals surface area contributed by atoms with E-state index in [1.165, 1.54) is 0 Å². The number of nitrogens with zero attached hydrogens (tertiary/aromatic N) is 1. The minimum absolute atomic E-state index is 0.0291. The minimum atomic E-state index is -0.217. The lowest BCUT2D eigenvalue weighted by molar-refractivity contribution is 0.141. The van der Waals surface area contributed by atoms with Gasteiger partial charge in [-0.15, -0.1) is 0 Å². The smallest absolute Gasteiger partial charge is 0.0889 e. The van der Waals surface area contributed by atoms with Gasteiger partial charge < -0.3 is 15.1 Å². The highest BCUT2D eigenvalue weighted by Crippen LogP contribution is 2.28. The summed E-state index contributed by atoms with van der Waals surface area (Å²) in [5.41, 5.74) is 1.91. The summed E-state index contributed by atoms with van der Waals surface area (Å²) in [7, 11) is 0. The lowest BCUT2D eigenvalue weighted by atomic mass is 10.1. The predicted molar refractivity (Wildman–Crippen MR) is 58.3 cm³/mol. The number of benzene rings is 1. The van der Waals surface area contributed by atoms with E-state index in [9.17, 15) is 5.11 Å². The van der Waals surface area contributed by atoms with E-state index in [0.717, 1.165) is 15.7 Å². The quantitative estimate of drug-likeness (QED) is 0.835. The number of anilines is 1. The number of halogens is 1. The molecular weight excluding hydrogens is 246 g/mol. The van der Waals surface area contributed by atoms with Crippen LogP contribution >= 0.6 is 15.9 Å². The molecule has 76 valence electrons. The number of aliphatic hydroxyl groups is 2. The molecule has 1 aromatic rings. The third-order valence-electron chi connectivity index (χ3n) is 2.41. The molecule has 0 aromatic heterocycles. The van der Waals surface area contributed by atoms with Gasteiger partial charge in [-0.3, -0.25) is 0 Å². The van der Waals surface area contributed by atoms with Crippen molar-refractivity contribution in [3.8, 4) is 0 Å². The Balaban J connectivity index is 2.24. The van der Waals surface area contributed by atoms with Crippen molar-refractivity contribution in [3.05, 3.63) is 28.2 Å². The van der Waals surface area contributed by atoms with Gasteiger partial charge in [-0.2, -0.15) is 0 Å². The van der Waals surface area contributed by atoms with Crippen LogP contribution in [0.2, 0.25) is 0 Å². The van der Waals surface area contributed by atoms with Crippen molar-refractivity contribution in [2.75, 3.05) is 18.0 Å². The van der Waals surface area contributed by atoms with Crippen LogP contribution in [0.4, 0.5) is 5.69 Å². The first kappa shape index (κ1) is 9.96. The Morgan fingerprint density at radius 2 is 2.14 bits per heavy atom. The highest BCUT2D eigenvalue weighted by molar-refractivity contribution is 9.10. The van der Waals surface area contributed by atoms with Gasteiger partial charge in [-0.25, -0.2) is 0 Å². The standard InChI is InChI=1S/C10H12BrNO2/c11-8-1-2-10(7(3-8)6-13)12-4-9(14)5-12/h1-3,9,13-14H,4-6H2. The van der Waals surface area contributed by atoms with Gasteiger partial charge in [0.1, 0.15) is 0 Å². The van der Waals surface area contributed by atoms with E-state index >= 15 is 0 Å². The Morgan fingerprint density at radius 3 is 2.71 bits per heavy atom. The van der Waals surface area contributed by atoms with E-state index in [1.807, 2.05) is 18.2 Å². The van der Waals surface area contributed by atoms with Crippen LogP contribution in [-0.2, 0) is 6.61 Å². The largest absolute Gasteiger partial charge is 0.392 e. The summed E-state index contributed by atoms with van der Waals surface area (Å²) in [6.45, 7) is 1.35. The molecule has 4 heteroatoms. The fourth-order valence-corrected chi connectivity index (χ4v) is 2.05. The lowest BCUT2D eigenvalue weighted by Gasteiger charge is -2.38. The fraction of sp³-hybridized carbons (Fsp3) is 0.400. The van der Waals surface area contributed by atoms with Gasteiger partial charge in [-0.05, 0) is 18.2 Å². The second kappa shape index (κ2) is 3.88. The average Bonchev–Trinajstić information content (AvgIpc) is 2.13. The molecule has 0 saturated carbocycles. The molecule has 2 rings (SSSR count). The van der Waals surface area contributed by atoms with Gasteiger partial charge >= 0.3 is 0 Å². The molecule has 1 aromatic carbocycles. The van der Waals surface area contributed by atoms with E-state index in [1.54, 1.807) is 0 Å². The molecule has 0 unspecified atom stereocenters. The van der Waals surface area contributed by atoms with Crippen molar-refractivity contribution in [1.29, 1.82) is 0 Å². The Bertz CT molecular complexity index is 337. The molecule has 1 aliphatic rings. The minimum Gasteiger partial charge on any atom is -0.392 e. The maximum atomic E-state index is 9.18. The van der Waals surface area contributed by atoms with Gasteiger partial charge in [0, 0.05) is 28.8 Å². The van der Waals surface area contributed by atoms with Crippen LogP contribution in [0.1, 0.15) is 5.56 Å². The van der Waals surface area contributed by atoms with Crippen LogP contribution in [0.5, 0.6) is 0 Å². The van der Waals surface area contributed by atoms with Crippen molar-refractivity contribution in [2.45, 2.75) is 12.7 Å². The third-order valence-corrected chi connectivity index (χ3v) is 2.91. The number of hydrogen-bond acceptors (Lipinski definition) is 3. The molecule has 3 nitrogen and oxygen atoms in total. The summed E-state index contributed by atoms with van der Waals surface area (Å²) < 4.78 is 0.964. The number of hydrogen-bond donors (Lipinski definition) is 2. The molecule has 0 spiro atoms. The molecule has 0 amide bonds. The summed E-state index contributed by atoms with van der Waals surface area (Å²) in [6.07, 6.45) is -0.217.